The van der Waals surface area contributed by atoms with Crippen molar-refractivity contribution >= 4 is 22.6 Å². The third-order valence-electron chi connectivity index (χ3n) is 8.83. The zero-order chi connectivity index (χ0) is 29.8. The summed E-state index contributed by atoms with van der Waals surface area (Å²) in [6.45, 7) is 4.64. The maximum Gasteiger partial charge on any atom is 0.224 e. The Hall–Kier alpha value is -3.88. The number of amides is 1. The third-order valence-corrected chi connectivity index (χ3v) is 8.83. The molecule has 0 spiro atoms. The monoisotopic (exact) mass is 581 g/mol. The zero-order valence-corrected chi connectivity index (χ0v) is 25.4. The van der Waals surface area contributed by atoms with Gasteiger partial charge in [-0.15, -0.1) is 0 Å². The highest BCUT2D eigenvalue weighted by atomic mass is 16.5. The van der Waals surface area contributed by atoms with Crippen LogP contribution in [0.5, 0.6) is 5.75 Å². The normalized spacial score (nSPS) is 17.5. The Balaban J connectivity index is 1.07. The van der Waals surface area contributed by atoms with Gasteiger partial charge in [-0.1, -0.05) is 42.5 Å². The number of carbonyl (C=O) groups is 1. The number of aromatic nitrogens is 2. The van der Waals surface area contributed by atoms with Gasteiger partial charge in [0.05, 0.1) is 23.3 Å². The van der Waals surface area contributed by atoms with Gasteiger partial charge in [0.15, 0.2) is 0 Å². The number of likely N-dealkylation sites (N-methyl/N-ethyl adjacent to an activating group) is 1. The number of anilines is 1. The Morgan fingerprint density at radius 1 is 1.09 bits per heavy atom. The van der Waals surface area contributed by atoms with Crippen molar-refractivity contribution in [3.05, 3.63) is 78.1 Å². The first-order chi connectivity index (χ1) is 21.0. The third kappa shape index (κ3) is 6.55. The molecule has 2 atom stereocenters. The van der Waals surface area contributed by atoms with Crippen LogP contribution >= 0.6 is 0 Å². The number of ether oxygens (including phenoxy) is 2. The number of hydrogen-bond donors (Lipinski definition) is 1. The first kappa shape index (κ1) is 29.2. The van der Waals surface area contributed by atoms with Crippen molar-refractivity contribution in [3.63, 3.8) is 0 Å². The highest BCUT2D eigenvalue weighted by molar-refractivity contribution is 5.78. The molecule has 0 radical (unpaired) electrons. The number of nitrogens with two attached hydrogens (primary N) is 1. The number of imidazole rings is 1. The van der Waals surface area contributed by atoms with E-state index in [4.69, 9.17) is 20.2 Å². The topological polar surface area (TPSA) is 85.8 Å². The van der Waals surface area contributed by atoms with Gasteiger partial charge in [0.25, 0.3) is 0 Å². The van der Waals surface area contributed by atoms with Gasteiger partial charge in [0, 0.05) is 58.8 Å². The van der Waals surface area contributed by atoms with E-state index in [0.29, 0.717) is 32.6 Å². The van der Waals surface area contributed by atoms with Crippen molar-refractivity contribution in [1.82, 2.24) is 14.5 Å². The Kier molecular flexibility index (Phi) is 8.95. The second kappa shape index (κ2) is 13.2. The largest absolute Gasteiger partial charge is 0.490 e. The Bertz CT molecular complexity index is 1550. The van der Waals surface area contributed by atoms with Crippen LogP contribution in [0.4, 0.5) is 5.69 Å². The molecule has 2 aliphatic heterocycles. The molecule has 1 amide bonds. The summed E-state index contributed by atoms with van der Waals surface area (Å²) in [4.78, 5) is 22.7. The van der Waals surface area contributed by atoms with Gasteiger partial charge in [-0.25, -0.2) is 4.98 Å². The lowest BCUT2D eigenvalue weighted by Crippen LogP contribution is -2.42. The highest BCUT2D eigenvalue weighted by Gasteiger charge is 2.29. The molecular weight excluding hydrogens is 538 g/mol. The maximum absolute atomic E-state index is 13.4. The first-order valence-corrected chi connectivity index (χ1v) is 15.5. The molecule has 0 aliphatic carbocycles. The van der Waals surface area contributed by atoms with E-state index >= 15 is 0 Å². The Labute approximate surface area is 254 Å². The van der Waals surface area contributed by atoms with Crippen LogP contribution in [-0.4, -0.2) is 73.4 Å². The van der Waals surface area contributed by atoms with Gasteiger partial charge in [-0.05, 0) is 66.6 Å². The van der Waals surface area contributed by atoms with Crippen LogP contribution in [0.1, 0.15) is 43.0 Å². The number of likely N-dealkylation sites (tertiary alicyclic amines) is 1. The number of aryl methyl sites for hydroxylation is 1. The molecule has 6 rings (SSSR count). The number of benzene rings is 3. The quantitative estimate of drug-likeness (QED) is 0.258. The first-order valence-electron chi connectivity index (χ1n) is 15.5. The Morgan fingerprint density at radius 2 is 1.91 bits per heavy atom. The molecule has 1 aromatic heterocycles. The van der Waals surface area contributed by atoms with Gasteiger partial charge in [-0.2, -0.15) is 0 Å². The number of hydrogen-bond acceptors (Lipinski definition) is 6. The van der Waals surface area contributed by atoms with Crippen LogP contribution < -0.4 is 15.4 Å². The molecule has 0 bridgehead atoms. The van der Waals surface area contributed by atoms with E-state index < -0.39 is 0 Å². The lowest BCUT2D eigenvalue weighted by molar-refractivity contribution is -0.132. The predicted octanol–water partition coefficient (Wildman–Crippen LogP) is 5.23. The summed E-state index contributed by atoms with van der Waals surface area (Å²) in [5.74, 6) is 2.36. The average molecular weight is 582 g/mol. The second-order valence-electron chi connectivity index (χ2n) is 12.0. The smallest absolute Gasteiger partial charge is 0.224 e. The zero-order valence-electron chi connectivity index (χ0n) is 25.4. The number of piperidine rings is 1. The van der Waals surface area contributed by atoms with Crippen molar-refractivity contribution in [2.75, 3.05) is 51.9 Å². The van der Waals surface area contributed by atoms with Gasteiger partial charge in [0.2, 0.25) is 5.91 Å². The maximum atomic E-state index is 13.4. The summed E-state index contributed by atoms with van der Waals surface area (Å²) in [5, 5.41) is 0. The van der Waals surface area contributed by atoms with Crippen LogP contribution in [0.25, 0.3) is 22.2 Å². The van der Waals surface area contributed by atoms with Crippen molar-refractivity contribution in [3.8, 4) is 16.9 Å². The van der Waals surface area contributed by atoms with Crippen LogP contribution in [0.3, 0.4) is 0 Å². The summed E-state index contributed by atoms with van der Waals surface area (Å²) in [6.07, 6.45) is 3.93. The standard InChI is InChI=1S/C35H43N5O3/c1-38-18-20-43-33-22-27(14-15-32(33)38)26-12-10-25(11-13-26)21-29(36)23-34(41)39-16-5-7-28(24-39)35-37-30-8-3-4-9-31(30)40(35)17-6-19-42-2/h3-4,8-15,22,28-29H,5-7,16-21,23-24,36H2,1-2H3/t28-,29-/m1/s1. The van der Waals surface area contributed by atoms with E-state index in [1.54, 1.807) is 7.11 Å². The number of nitrogens with zero attached hydrogens (tertiary/aromatic N) is 4. The lowest BCUT2D eigenvalue weighted by atomic mass is 9.95. The number of methoxy groups -OCH3 is 1. The molecule has 0 unspecified atom stereocenters. The summed E-state index contributed by atoms with van der Waals surface area (Å²) in [5.41, 5.74) is 13.2. The van der Waals surface area contributed by atoms with Crippen LogP contribution in [0.15, 0.2) is 66.7 Å². The molecule has 8 nitrogen and oxygen atoms in total. The summed E-state index contributed by atoms with van der Waals surface area (Å²) in [7, 11) is 3.83. The average Bonchev–Trinajstić information content (AvgIpc) is 3.40. The van der Waals surface area contributed by atoms with E-state index in [1.165, 1.54) is 0 Å². The summed E-state index contributed by atoms with van der Waals surface area (Å²) < 4.78 is 13.5. The highest BCUT2D eigenvalue weighted by Crippen LogP contribution is 2.35. The SMILES string of the molecule is COCCCn1c([C@@H]2CCCN(C(=O)C[C@H](N)Cc3ccc(-c4ccc5c(c4)OCCN5C)cc3)C2)nc2ccccc21. The van der Waals surface area contributed by atoms with Crippen molar-refractivity contribution in [2.24, 2.45) is 5.73 Å². The van der Waals surface area contributed by atoms with E-state index in [9.17, 15) is 4.79 Å². The predicted molar refractivity (Wildman–Crippen MR) is 172 cm³/mol. The van der Waals surface area contributed by atoms with Gasteiger partial charge >= 0.3 is 0 Å². The van der Waals surface area contributed by atoms with Crippen molar-refractivity contribution < 1.29 is 14.3 Å². The van der Waals surface area contributed by atoms with Crippen LogP contribution in [-0.2, 0) is 22.5 Å². The van der Waals surface area contributed by atoms with Crippen LogP contribution in [0, 0.1) is 0 Å². The minimum atomic E-state index is -0.231. The number of fused-ring (bicyclic) bond motifs is 2. The van der Waals surface area contributed by atoms with E-state index in [-0.39, 0.29) is 17.9 Å². The number of carbonyl (C=O) groups excluding carboxylic acids is 1. The van der Waals surface area contributed by atoms with Gasteiger partial charge in [0.1, 0.15) is 18.2 Å². The minimum absolute atomic E-state index is 0.134. The van der Waals surface area contributed by atoms with E-state index in [2.05, 4.69) is 77.2 Å². The molecule has 4 aromatic rings. The number of rotatable bonds is 10. The molecule has 3 aromatic carbocycles. The lowest BCUT2D eigenvalue weighted by Gasteiger charge is -2.33. The summed E-state index contributed by atoms with van der Waals surface area (Å²) >= 11 is 0. The molecule has 1 saturated heterocycles. The fourth-order valence-corrected chi connectivity index (χ4v) is 6.52. The fourth-order valence-electron chi connectivity index (χ4n) is 6.52. The molecule has 2 aliphatic rings. The van der Waals surface area contributed by atoms with Crippen molar-refractivity contribution in [1.29, 1.82) is 0 Å². The minimum Gasteiger partial charge on any atom is -0.490 e. The molecule has 3 heterocycles. The van der Waals surface area contributed by atoms with Gasteiger partial charge < -0.3 is 29.6 Å². The van der Waals surface area contributed by atoms with Gasteiger partial charge in [-0.3, -0.25) is 4.79 Å². The fraction of sp³-hybridized carbons (Fsp3) is 0.429. The van der Waals surface area contributed by atoms with Crippen molar-refractivity contribution in [2.45, 2.75) is 50.6 Å². The molecule has 0 saturated carbocycles. The molecule has 43 heavy (non-hydrogen) atoms. The van der Waals surface area contributed by atoms with E-state index in [0.717, 1.165) is 83.9 Å². The molecule has 8 heteroatoms. The van der Waals surface area contributed by atoms with Crippen LogP contribution in [0.2, 0.25) is 0 Å². The summed E-state index contributed by atoms with van der Waals surface area (Å²) in [6, 6.07) is 23.0. The molecule has 226 valence electrons. The molecular formula is C35H43N5O3. The molecule has 2 N–H and O–H groups in total. The Morgan fingerprint density at radius 3 is 2.74 bits per heavy atom. The van der Waals surface area contributed by atoms with E-state index in [1.807, 2.05) is 11.0 Å². The molecule has 1 fully saturated rings. The second-order valence-corrected chi connectivity index (χ2v) is 12.0. The number of para-hydroxylation sites is 2.